The van der Waals surface area contributed by atoms with Crippen molar-refractivity contribution in [2.24, 2.45) is 4.99 Å². The number of nitrogens with two attached hydrogens (primary N) is 1. The largest absolute Gasteiger partial charge is 0.383 e. The lowest BCUT2D eigenvalue weighted by atomic mass is 9.93. The first-order valence-electron chi connectivity index (χ1n) is 8.50. The highest BCUT2D eigenvalue weighted by Crippen LogP contribution is 2.42. The van der Waals surface area contributed by atoms with Crippen molar-refractivity contribution in [3.8, 4) is 11.1 Å². The number of anilines is 1. The molecule has 0 unspecified atom stereocenters. The molecule has 2 N–H and O–H groups in total. The third-order valence-electron chi connectivity index (χ3n) is 4.56. The van der Waals surface area contributed by atoms with Crippen LogP contribution in [-0.2, 0) is 4.79 Å². The van der Waals surface area contributed by atoms with Crippen molar-refractivity contribution in [3.63, 3.8) is 0 Å². The van der Waals surface area contributed by atoms with Crippen LogP contribution in [0.3, 0.4) is 0 Å². The first kappa shape index (κ1) is 17.4. The Kier molecular flexibility index (Phi) is 4.28. The van der Waals surface area contributed by atoms with Crippen LogP contribution in [-0.4, -0.2) is 21.6 Å². The van der Waals surface area contributed by atoms with Gasteiger partial charge in [-0.1, -0.05) is 28.9 Å². The molecule has 1 atom stereocenters. The van der Waals surface area contributed by atoms with E-state index in [4.69, 9.17) is 26.9 Å². The topological polar surface area (TPSA) is 94.4 Å². The number of fused-ring (bicyclic) bond motifs is 3. The minimum Gasteiger partial charge on any atom is -0.383 e. The van der Waals surface area contributed by atoms with Crippen LogP contribution in [0.5, 0.6) is 0 Å². The van der Waals surface area contributed by atoms with Gasteiger partial charge in [0.1, 0.15) is 17.6 Å². The lowest BCUT2D eigenvalue weighted by molar-refractivity contribution is -0.117. The summed E-state index contributed by atoms with van der Waals surface area (Å²) in [6, 6.07) is 8.72. The molecule has 0 spiro atoms. The number of benzene rings is 1. The number of aliphatic imine (C=N–C) groups is 1. The summed E-state index contributed by atoms with van der Waals surface area (Å²) in [7, 11) is 0. The Labute approximate surface area is 161 Å². The molecule has 1 aliphatic heterocycles. The van der Waals surface area contributed by atoms with Crippen LogP contribution in [0, 0.1) is 6.92 Å². The summed E-state index contributed by atoms with van der Waals surface area (Å²) >= 11 is 6.04. The second-order valence-corrected chi connectivity index (χ2v) is 6.97. The smallest absolute Gasteiger partial charge is 0.169 e. The molecule has 27 heavy (non-hydrogen) atoms. The summed E-state index contributed by atoms with van der Waals surface area (Å²) in [6.45, 7) is 3.40. The predicted octanol–water partition coefficient (Wildman–Crippen LogP) is 4.15. The Morgan fingerprint density at radius 1 is 1.22 bits per heavy atom. The fourth-order valence-corrected chi connectivity index (χ4v) is 3.52. The molecule has 0 amide bonds. The monoisotopic (exact) mass is 380 g/mol. The zero-order valence-electron chi connectivity index (χ0n) is 14.9. The standard InChI is InChI=1S/C20H17ClN4O2/c1-10(26)9-15-19-16(11(2)25-27-19)14-7-8-23-20(22)17(14)18(24-15)12-3-5-13(21)6-4-12/h3-8,15H,9H2,1-2H3,(H2,22,23)/t15-/m0/s1. The Morgan fingerprint density at radius 3 is 2.67 bits per heavy atom. The molecule has 0 fully saturated rings. The number of aromatic nitrogens is 2. The first-order valence-corrected chi connectivity index (χ1v) is 8.88. The molecule has 136 valence electrons. The van der Waals surface area contributed by atoms with E-state index in [0.29, 0.717) is 27.9 Å². The van der Waals surface area contributed by atoms with E-state index in [1.165, 1.54) is 6.92 Å². The van der Waals surface area contributed by atoms with Crippen molar-refractivity contribution < 1.29 is 9.32 Å². The van der Waals surface area contributed by atoms with E-state index in [-0.39, 0.29) is 12.2 Å². The maximum Gasteiger partial charge on any atom is 0.169 e. The van der Waals surface area contributed by atoms with Crippen LogP contribution in [0.1, 0.15) is 42.0 Å². The SMILES string of the molecule is CC(=O)C[C@@H]1N=C(c2ccc(Cl)cc2)c2c(ccnc2N)-c2c(C)noc21. The molecule has 4 rings (SSSR count). The molecule has 0 bridgehead atoms. The van der Waals surface area contributed by atoms with Crippen LogP contribution in [0.25, 0.3) is 11.1 Å². The zero-order chi connectivity index (χ0) is 19.1. The van der Waals surface area contributed by atoms with Crippen LogP contribution < -0.4 is 5.73 Å². The Bertz CT molecular complexity index is 1070. The number of pyridine rings is 1. The summed E-state index contributed by atoms with van der Waals surface area (Å²) in [5, 5.41) is 4.73. The molecule has 1 aromatic carbocycles. The van der Waals surface area contributed by atoms with E-state index in [2.05, 4.69) is 10.1 Å². The quantitative estimate of drug-likeness (QED) is 0.736. The number of nitrogen functional groups attached to an aromatic ring is 1. The van der Waals surface area contributed by atoms with E-state index in [1.54, 1.807) is 18.3 Å². The summed E-state index contributed by atoms with van der Waals surface area (Å²) in [4.78, 5) is 21.0. The Morgan fingerprint density at radius 2 is 1.96 bits per heavy atom. The van der Waals surface area contributed by atoms with Gasteiger partial charge in [0.25, 0.3) is 0 Å². The summed E-state index contributed by atoms with van der Waals surface area (Å²) < 4.78 is 5.59. The van der Waals surface area contributed by atoms with E-state index < -0.39 is 6.04 Å². The molecule has 7 heteroatoms. The van der Waals surface area contributed by atoms with Crippen molar-refractivity contribution in [1.29, 1.82) is 0 Å². The van der Waals surface area contributed by atoms with Gasteiger partial charge in [0.05, 0.1) is 22.5 Å². The van der Waals surface area contributed by atoms with Crippen LogP contribution in [0.15, 0.2) is 46.0 Å². The number of carbonyl (C=O) groups excluding carboxylic acids is 1. The van der Waals surface area contributed by atoms with Crippen LogP contribution >= 0.6 is 11.6 Å². The molecule has 1 aliphatic rings. The normalized spacial score (nSPS) is 15.5. The molecule has 0 saturated carbocycles. The van der Waals surface area contributed by atoms with Crippen molar-refractivity contribution in [3.05, 3.63) is 64.1 Å². The van der Waals surface area contributed by atoms with Crippen LogP contribution in [0.2, 0.25) is 5.02 Å². The number of rotatable bonds is 3. The van der Waals surface area contributed by atoms with Gasteiger partial charge in [0.15, 0.2) is 5.76 Å². The second-order valence-electron chi connectivity index (χ2n) is 6.53. The molecule has 0 aliphatic carbocycles. The van der Waals surface area contributed by atoms with Gasteiger partial charge in [-0.05, 0) is 32.0 Å². The molecule has 3 heterocycles. The Balaban J connectivity index is 2.04. The van der Waals surface area contributed by atoms with Gasteiger partial charge in [-0.15, -0.1) is 0 Å². The van der Waals surface area contributed by atoms with Crippen LogP contribution in [0.4, 0.5) is 5.82 Å². The molecular formula is C20H17ClN4O2. The fourth-order valence-electron chi connectivity index (χ4n) is 3.39. The molecule has 0 saturated heterocycles. The van der Waals surface area contributed by atoms with E-state index >= 15 is 0 Å². The Hall–Kier alpha value is -2.99. The van der Waals surface area contributed by atoms with E-state index in [9.17, 15) is 4.79 Å². The first-order chi connectivity index (χ1) is 13.0. The zero-order valence-corrected chi connectivity index (χ0v) is 15.6. The molecule has 0 radical (unpaired) electrons. The van der Waals surface area contributed by atoms with Gasteiger partial charge in [0, 0.05) is 28.8 Å². The number of hydrogen-bond donors (Lipinski definition) is 1. The average Bonchev–Trinajstić information content (AvgIpc) is 2.94. The summed E-state index contributed by atoms with van der Waals surface area (Å²) in [5.74, 6) is 0.936. The van der Waals surface area contributed by atoms with Gasteiger partial charge >= 0.3 is 0 Å². The van der Waals surface area contributed by atoms with Crippen molar-refractivity contribution >= 4 is 28.9 Å². The molecular weight excluding hydrogens is 364 g/mol. The number of ketones is 1. The van der Waals surface area contributed by atoms with E-state index in [1.807, 2.05) is 25.1 Å². The second kappa shape index (κ2) is 6.63. The number of Topliss-reactive ketones (excluding diaryl/α,β-unsaturated/α-hetero) is 1. The van der Waals surface area contributed by atoms with Crippen molar-refractivity contribution in [2.45, 2.75) is 26.3 Å². The van der Waals surface area contributed by atoms with Gasteiger partial charge < -0.3 is 10.3 Å². The van der Waals surface area contributed by atoms with Gasteiger partial charge in [-0.3, -0.25) is 9.79 Å². The highest BCUT2D eigenvalue weighted by atomic mass is 35.5. The van der Waals surface area contributed by atoms with Gasteiger partial charge in [0.2, 0.25) is 0 Å². The van der Waals surface area contributed by atoms with E-state index in [0.717, 1.165) is 22.4 Å². The minimum atomic E-state index is -0.490. The highest BCUT2D eigenvalue weighted by molar-refractivity contribution is 6.30. The number of nitrogens with zero attached hydrogens (tertiary/aromatic N) is 3. The summed E-state index contributed by atoms with van der Waals surface area (Å²) in [5.41, 5.74) is 10.8. The lowest BCUT2D eigenvalue weighted by Gasteiger charge is -2.13. The summed E-state index contributed by atoms with van der Waals surface area (Å²) in [6.07, 6.45) is 1.86. The number of aryl methyl sites for hydroxylation is 1. The lowest BCUT2D eigenvalue weighted by Crippen LogP contribution is -2.11. The van der Waals surface area contributed by atoms with Gasteiger partial charge in [-0.25, -0.2) is 4.98 Å². The third-order valence-corrected chi connectivity index (χ3v) is 4.81. The predicted molar refractivity (Wildman–Crippen MR) is 104 cm³/mol. The molecule has 2 aromatic heterocycles. The maximum absolute atomic E-state index is 11.9. The number of carbonyl (C=O) groups is 1. The minimum absolute atomic E-state index is 0.0104. The highest BCUT2D eigenvalue weighted by Gasteiger charge is 2.32. The fraction of sp³-hybridized carbons (Fsp3) is 0.200. The van der Waals surface area contributed by atoms with Crippen molar-refractivity contribution in [1.82, 2.24) is 10.1 Å². The van der Waals surface area contributed by atoms with Crippen molar-refractivity contribution in [2.75, 3.05) is 5.73 Å². The third kappa shape index (κ3) is 3.02. The molecule has 6 nitrogen and oxygen atoms in total. The molecule has 3 aromatic rings. The maximum atomic E-state index is 11.9. The number of hydrogen-bond acceptors (Lipinski definition) is 6. The average molecular weight is 381 g/mol. The number of halogens is 1. The van der Waals surface area contributed by atoms with Gasteiger partial charge in [-0.2, -0.15) is 0 Å².